The van der Waals surface area contributed by atoms with E-state index < -0.39 is 0 Å². The lowest BCUT2D eigenvalue weighted by molar-refractivity contribution is -0.123. The summed E-state index contributed by atoms with van der Waals surface area (Å²) in [6, 6.07) is 22.0. The Kier molecular flexibility index (Phi) is 4.82. The summed E-state index contributed by atoms with van der Waals surface area (Å²) in [7, 11) is 0. The van der Waals surface area contributed by atoms with Crippen LogP contribution < -0.4 is 0 Å². The summed E-state index contributed by atoms with van der Waals surface area (Å²) in [5, 5.41) is 1.95. The molecule has 134 valence electrons. The van der Waals surface area contributed by atoms with Crippen molar-refractivity contribution < 1.29 is 9.59 Å². The van der Waals surface area contributed by atoms with E-state index in [9.17, 15) is 9.59 Å². The number of carbonyl (C=O) groups excluding carboxylic acids is 2. The lowest BCUT2D eigenvalue weighted by atomic mass is 10.0. The predicted molar refractivity (Wildman–Crippen MR) is 111 cm³/mol. The summed E-state index contributed by atoms with van der Waals surface area (Å²) in [5.41, 5.74) is 3.16. The molecule has 0 atom stereocenters. The molecule has 3 aromatic rings. The zero-order valence-corrected chi connectivity index (χ0v) is 15.8. The van der Waals surface area contributed by atoms with E-state index in [0.717, 1.165) is 40.1 Å². The van der Waals surface area contributed by atoms with Crippen molar-refractivity contribution in [3.05, 3.63) is 88.3 Å². The molecule has 0 saturated carbocycles. The summed E-state index contributed by atoms with van der Waals surface area (Å²) >= 11 is 1.01. The van der Waals surface area contributed by atoms with Crippen LogP contribution in [0.4, 0.5) is 4.79 Å². The molecular formula is C23H19NO2S. The highest BCUT2D eigenvalue weighted by atomic mass is 32.2. The van der Waals surface area contributed by atoms with Crippen molar-refractivity contribution in [3.8, 4) is 0 Å². The van der Waals surface area contributed by atoms with Crippen LogP contribution in [0.3, 0.4) is 0 Å². The van der Waals surface area contributed by atoms with Gasteiger partial charge in [0, 0.05) is 0 Å². The molecule has 0 radical (unpaired) electrons. The minimum Gasteiger partial charge on any atom is -0.268 e. The predicted octanol–water partition coefficient (Wildman–Crippen LogP) is 5.64. The van der Waals surface area contributed by atoms with Crippen LogP contribution in [0, 0.1) is 0 Å². The molecule has 27 heavy (non-hydrogen) atoms. The van der Waals surface area contributed by atoms with Gasteiger partial charge >= 0.3 is 0 Å². The molecule has 0 aromatic heterocycles. The largest absolute Gasteiger partial charge is 0.293 e. The van der Waals surface area contributed by atoms with E-state index in [0.29, 0.717) is 4.91 Å². The van der Waals surface area contributed by atoms with E-state index in [1.807, 2.05) is 66.7 Å². The number of hydrogen-bond donors (Lipinski definition) is 0. The van der Waals surface area contributed by atoms with E-state index in [1.165, 1.54) is 10.5 Å². The van der Waals surface area contributed by atoms with Gasteiger partial charge in [0.1, 0.15) is 0 Å². The lowest BCUT2D eigenvalue weighted by Gasteiger charge is -2.14. The fourth-order valence-electron chi connectivity index (χ4n) is 3.24. The van der Waals surface area contributed by atoms with Crippen molar-refractivity contribution in [2.24, 2.45) is 0 Å². The molecule has 1 saturated heterocycles. The van der Waals surface area contributed by atoms with E-state index in [2.05, 4.69) is 6.92 Å². The van der Waals surface area contributed by atoms with Crippen molar-refractivity contribution >= 4 is 39.8 Å². The van der Waals surface area contributed by atoms with Gasteiger partial charge in [-0.2, -0.15) is 0 Å². The number of hydrogen-bond acceptors (Lipinski definition) is 3. The smallest absolute Gasteiger partial charge is 0.268 e. The van der Waals surface area contributed by atoms with Crippen LogP contribution in [-0.2, 0) is 17.8 Å². The lowest BCUT2D eigenvalue weighted by Crippen LogP contribution is -2.27. The van der Waals surface area contributed by atoms with Gasteiger partial charge < -0.3 is 0 Å². The van der Waals surface area contributed by atoms with Crippen LogP contribution in [0.1, 0.15) is 23.6 Å². The van der Waals surface area contributed by atoms with Gasteiger partial charge in [-0.1, -0.05) is 73.7 Å². The SMILES string of the molecule is CCc1ccc(/C=C2\SC(=O)N(Cc3cccc4ccccc34)C2=O)cc1. The van der Waals surface area contributed by atoms with E-state index in [4.69, 9.17) is 0 Å². The highest BCUT2D eigenvalue weighted by molar-refractivity contribution is 8.18. The topological polar surface area (TPSA) is 37.4 Å². The Hall–Kier alpha value is -2.85. The van der Waals surface area contributed by atoms with Gasteiger partial charge in [0.2, 0.25) is 0 Å². The Morgan fingerprint density at radius 3 is 2.44 bits per heavy atom. The third kappa shape index (κ3) is 3.53. The van der Waals surface area contributed by atoms with Crippen LogP contribution in [0.15, 0.2) is 71.6 Å². The number of benzene rings is 3. The maximum Gasteiger partial charge on any atom is 0.293 e. The minimum atomic E-state index is -0.225. The second kappa shape index (κ2) is 7.41. The maximum atomic E-state index is 12.8. The van der Waals surface area contributed by atoms with E-state index in [-0.39, 0.29) is 17.7 Å². The Morgan fingerprint density at radius 1 is 0.926 bits per heavy atom. The number of nitrogens with zero attached hydrogens (tertiary/aromatic N) is 1. The number of aryl methyl sites for hydroxylation is 1. The normalized spacial score (nSPS) is 15.9. The summed E-state index contributed by atoms with van der Waals surface area (Å²) in [6.45, 7) is 2.39. The molecule has 1 heterocycles. The summed E-state index contributed by atoms with van der Waals surface area (Å²) in [4.78, 5) is 27.1. The fraction of sp³-hybridized carbons (Fsp3) is 0.130. The van der Waals surface area contributed by atoms with Crippen LogP contribution in [0.5, 0.6) is 0 Å². The molecule has 1 aliphatic heterocycles. The molecule has 0 aliphatic carbocycles. The zero-order valence-electron chi connectivity index (χ0n) is 15.0. The molecule has 0 unspecified atom stereocenters. The van der Waals surface area contributed by atoms with E-state index in [1.54, 1.807) is 6.08 Å². The van der Waals surface area contributed by atoms with Crippen molar-refractivity contribution in [2.45, 2.75) is 19.9 Å². The first-order chi connectivity index (χ1) is 13.2. The second-order valence-corrected chi connectivity index (χ2v) is 7.49. The molecule has 3 aromatic carbocycles. The molecule has 0 spiro atoms. The van der Waals surface area contributed by atoms with Gasteiger partial charge in [0.05, 0.1) is 11.4 Å². The van der Waals surface area contributed by atoms with Crippen LogP contribution >= 0.6 is 11.8 Å². The van der Waals surface area contributed by atoms with Crippen molar-refractivity contribution in [2.75, 3.05) is 0 Å². The first kappa shape index (κ1) is 17.6. The number of thioether (sulfide) groups is 1. The Balaban J connectivity index is 1.60. The van der Waals surface area contributed by atoms with Crippen LogP contribution in [0.25, 0.3) is 16.8 Å². The minimum absolute atomic E-state index is 0.218. The standard InChI is InChI=1S/C23H19NO2S/c1-2-16-10-12-17(13-11-16)14-21-22(25)24(23(26)27-21)15-19-8-5-7-18-6-3-4-9-20(18)19/h3-14H,2,15H2,1H3/b21-14-. The first-order valence-corrected chi connectivity index (χ1v) is 9.78. The van der Waals surface area contributed by atoms with Crippen molar-refractivity contribution in [1.82, 2.24) is 4.90 Å². The first-order valence-electron chi connectivity index (χ1n) is 8.96. The second-order valence-electron chi connectivity index (χ2n) is 6.50. The van der Waals surface area contributed by atoms with Crippen molar-refractivity contribution in [1.29, 1.82) is 0 Å². The summed E-state index contributed by atoms with van der Waals surface area (Å²) in [5.74, 6) is -0.225. The average Bonchev–Trinajstić information content (AvgIpc) is 2.96. The quantitative estimate of drug-likeness (QED) is 0.556. The molecule has 1 aliphatic rings. The average molecular weight is 373 g/mol. The number of carbonyl (C=O) groups is 2. The molecule has 2 amide bonds. The molecular weight excluding hydrogens is 354 g/mol. The third-order valence-electron chi connectivity index (χ3n) is 4.77. The van der Waals surface area contributed by atoms with Crippen LogP contribution in [0.2, 0.25) is 0 Å². The number of amides is 2. The monoisotopic (exact) mass is 373 g/mol. The summed E-state index contributed by atoms with van der Waals surface area (Å²) in [6.07, 6.45) is 2.77. The van der Waals surface area contributed by atoms with Gasteiger partial charge in [-0.25, -0.2) is 0 Å². The summed E-state index contributed by atoms with van der Waals surface area (Å²) < 4.78 is 0. The third-order valence-corrected chi connectivity index (χ3v) is 5.68. The molecule has 1 fully saturated rings. The Morgan fingerprint density at radius 2 is 1.67 bits per heavy atom. The van der Waals surface area contributed by atoms with Crippen LogP contribution in [-0.4, -0.2) is 16.0 Å². The molecule has 3 nitrogen and oxygen atoms in total. The highest BCUT2D eigenvalue weighted by Crippen LogP contribution is 2.34. The number of rotatable bonds is 4. The van der Waals surface area contributed by atoms with Gasteiger partial charge in [0.25, 0.3) is 11.1 Å². The number of imide groups is 1. The Bertz CT molecular complexity index is 1050. The fourth-order valence-corrected chi connectivity index (χ4v) is 4.08. The van der Waals surface area contributed by atoms with Gasteiger partial charge in [-0.15, -0.1) is 0 Å². The number of fused-ring (bicyclic) bond motifs is 1. The maximum absolute atomic E-state index is 12.8. The molecule has 0 N–H and O–H groups in total. The molecule has 0 bridgehead atoms. The molecule has 4 heteroatoms. The molecule has 4 rings (SSSR count). The van der Waals surface area contributed by atoms with Gasteiger partial charge in [0.15, 0.2) is 0 Å². The van der Waals surface area contributed by atoms with Crippen molar-refractivity contribution in [3.63, 3.8) is 0 Å². The Labute approximate surface area is 162 Å². The highest BCUT2D eigenvalue weighted by Gasteiger charge is 2.35. The zero-order chi connectivity index (χ0) is 18.8. The van der Waals surface area contributed by atoms with Gasteiger partial charge in [-0.05, 0) is 51.7 Å². The van der Waals surface area contributed by atoms with Gasteiger partial charge in [-0.3, -0.25) is 14.5 Å². The van der Waals surface area contributed by atoms with E-state index >= 15 is 0 Å².